The number of allylic oxidation sites excluding steroid dienone is 6. The molecule has 66 heavy (non-hydrogen) atoms. The second kappa shape index (κ2) is 26.4. The van der Waals surface area contributed by atoms with Crippen LogP contribution in [0.1, 0.15) is 195 Å². The molecule has 0 bridgehead atoms. The van der Waals surface area contributed by atoms with E-state index >= 15 is 0 Å². The minimum atomic E-state index is -0.0583. The Hall–Kier alpha value is -3.42. The summed E-state index contributed by atoms with van der Waals surface area (Å²) in [5.41, 5.74) is 3.87. The molecule has 0 aromatic rings. The van der Waals surface area contributed by atoms with Crippen molar-refractivity contribution in [3.05, 3.63) is 59.2 Å². The molecule has 0 saturated carbocycles. The molecule has 0 spiro atoms. The Morgan fingerprint density at radius 3 is 1.21 bits per heavy atom. The lowest BCUT2D eigenvalue weighted by Gasteiger charge is -2.38. The van der Waals surface area contributed by atoms with Gasteiger partial charge < -0.3 is 19.6 Å². The van der Waals surface area contributed by atoms with Gasteiger partial charge in [0.15, 0.2) is 23.1 Å². The van der Waals surface area contributed by atoms with Crippen molar-refractivity contribution in [1.29, 1.82) is 0 Å². The molecule has 0 aromatic heterocycles. The Labute approximate surface area is 406 Å². The molecule has 0 amide bonds. The largest absolute Gasteiger partial charge is 0.377 e. The third kappa shape index (κ3) is 19.3. The molecule has 0 radical (unpaired) electrons. The van der Waals surface area contributed by atoms with E-state index in [-0.39, 0.29) is 44.8 Å². The van der Waals surface area contributed by atoms with Gasteiger partial charge >= 0.3 is 0 Å². The summed E-state index contributed by atoms with van der Waals surface area (Å²) in [6.45, 7) is 46.1. The average molecular weight is 917 g/mol. The van der Waals surface area contributed by atoms with Gasteiger partial charge in [-0.25, -0.2) is 0 Å². The van der Waals surface area contributed by atoms with E-state index in [9.17, 15) is 19.2 Å². The number of ketones is 4. The van der Waals surface area contributed by atoms with E-state index in [1.165, 1.54) is 0 Å². The average Bonchev–Trinajstić information content (AvgIpc) is 3.19. The second-order valence-electron chi connectivity index (χ2n) is 24.2. The SMILES string of the molecule is CC(=O)C1=CN(CC(C)C)CCC1(C)C.CC(C)CN1C=C(C(=O)CCCCC(=O)C2=CN(CC(C)C)CCC2(C)C)C(C)(C)CC1.CCC/C=C/CC(=O)C1=CN(C(C)C)CCC1(C)C. The first-order valence-corrected chi connectivity index (χ1v) is 26.2. The van der Waals surface area contributed by atoms with Gasteiger partial charge in [0.05, 0.1) is 0 Å². The maximum atomic E-state index is 13.0. The summed E-state index contributed by atoms with van der Waals surface area (Å²) in [6, 6.07) is 0.467. The Morgan fingerprint density at radius 1 is 0.515 bits per heavy atom. The van der Waals surface area contributed by atoms with Crippen LogP contribution in [0.15, 0.2) is 59.2 Å². The van der Waals surface area contributed by atoms with E-state index in [1.54, 1.807) is 6.92 Å². The zero-order chi connectivity index (χ0) is 50.2. The molecule has 4 heterocycles. The Kier molecular flexibility index (Phi) is 23.5. The molecule has 0 aromatic carbocycles. The molecular weight excluding hydrogens is 817 g/mol. The van der Waals surface area contributed by atoms with Crippen molar-refractivity contribution in [2.45, 2.75) is 201 Å². The zero-order valence-electron chi connectivity index (χ0n) is 45.9. The van der Waals surface area contributed by atoms with Crippen molar-refractivity contribution in [3.8, 4) is 0 Å². The Balaban J connectivity index is 0.000000373. The fourth-order valence-corrected chi connectivity index (χ4v) is 9.47. The first-order valence-electron chi connectivity index (χ1n) is 26.2. The number of Topliss-reactive ketones (excluding diaryl/α,β-unsaturated/α-hetero) is 4. The highest BCUT2D eigenvalue weighted by Gasteiger charge is 2.36. The highest BCUT2D eigenvalue weighted by atomic mass is 16.1. The van der Waals surface area contributed by atoms with Crippen molar-refractivity contribution in [2.24, 2.45) is 39.4 Å². The molecule has 8 heteroatoms. The molecular formula is C58H100N4O4. The number of carbonyl (C=O) groups is 4. The van der Waals surface area contributed by atoms with E-state index in [1.807, 2.05) is 6.08 Å². The lowest BCUT2D eigenvalue weighted by atomic mass is 9.75. The van der Waals surface area contributed by atoms with Gasteiger partial charge in [0.2, 0.25) is 0 Å². The fraction of sp³-hybridized carbons (Fsp3) is 0.759. The number of hydrogen-bond donors (Lipinski definition) is 0. The molecule has 4 aliphatic rings. The fourth-order valence-electron chi connectivity index (χ4n) is 9.47. The van der Waals surface area contributed by atoms with Crippen LogP contribution in [-0.4, -0.2) is 94.6 Å². The highest BCUT2D eigenvalue weighted by molar-refractivity contribution is 5.98. The number of hydrogen-bond acceptors (Lipinski definition) is 8. The van der Waals surface area contributed by atoms with Crippen LogP contribution in [-0.2, 0) is 19.2 Å². The summed E-state index contributed by atoms with van der Waals surface area (Å²) in [5.74, 6) is 2.84. The maximum absolute atomic E-state index is 13.0. The topological polar surface area (TPSA) is 81.2 Å². The third-order valence-electron chi connectivity index (χ3n) is 13.9. The van der Waals surface area contributed by atoms with Gasteiger partial charge in [0.25, 0.3) is 0 Å². The number of nitrogens with zero attached hydrogens (tertiary/aromatic N) is 4. The second-order valence-corrected chi connectivity index (χ2v) is 24.2. The van der Waals surface area contributed by atoms with Crippen molar-refractivity contribution in [3.63, 3.8) is 0 Å². The van der Waals surface area contributed by atoms with E-state index in [4.69, 9.17) is 0 Å². The van der Waals surface area contributed by atoms with Crippen LogP contribution >= 0.6 is 0 Å². The molecule has 0 unspecified atom stereocenters. The molecule has 376 valence electrons. The molecule has 0 atom stereocenters. The van der Waals surface area contributed by atoms with Crippen molar-refractivity contribution >= 4 is 23.1 Å². The van der Waals surface area contributed by atoms with E-state index in [2.05, 4.69) is 168 Å². The normalized spacial score (nSPS) is 20.0. The van der Waals surface area contributed by atoms with Crippen LogP contribution in [0, 0.1) is 39.4 Å². The van der Waals surface area contributed by atoms with E-state index < -0.39 is 0 Å². The molecule has 0 fully saturated rings. The van der Waals surface area contributed by atoms with Crippen LogP contribution < -0.4 is 0 Å². The molecule has 4 aliphatic heterocycles. The van der Waals surface area contributed by atoms with Gasteiger partial charge in [-0.3, -0.25) is 19.2 Å². The van der Waals surface area contributed by atoms with Gasteiger partial charge in [-0.05, 0) is 105 Å². The molecule has 4 rings (SSSR count). The lowest BCUT2D eigenvalue weighted by molar-refractivity contribution is -0.118. The molecule has 8 nitrogen and oxygen atoms in total. The van der Waals surface area contributed by atoms with Crippen molar-refractivity contribution < 1.29 is 19.2 Å². The number of carbonyl (C=O) groups excluding carboxylic acids is 4. The van der Waals surface area contributed by atoms with Crippen LogP contribution in [0.4, 0.5) is 0 Å². The zero-order valence-corrected chi connectivity index (χ0v) is 45.9. The number of unbranched alkanes of at least 4 members (excludes halogenated alkanes) is 2. The molecule has 0 N–H and O–H groups in total. The lowest BCUT2D eigenvalue weighted by Crippen LogP contribution is -2.38. The summed E-state index contributed by atoms with van der Waals surface area (Å²) >= 11 is 0. The predicted octanol–water partition coefficient (Wildman–Crippen LogP) is 13.4. The highest BCUT2D eigenvalue weighted by Crippen LogP contribution is 2.39. The first kappa shape index (κ1) is 58.7. The molecule has 0 aliphatic carbocycles. The predicted molar refractivity (Wildman–Crippen MR) is 280 cm³/mol. The summed E-state index contributed by atoms with van der Waals surface area (Å²) in [5, 5.41) is 0. The monoisotopic (exact) mass is 917 g/mol. The maximum Gasteiger partial charge on any atom is 0.164 e. The van der Waals surface area contributed by atoms with Gasteiger partial charge in [-0.1, -0.05) is 122 Å². The van der Waals surface area contributed by atoms with Gasteiger partial charge in [-0.2, -0.15) is 0 Å². The standard InChI is InChI=1S/C28H48N2O2.C17H29NO.C13H23NO/c1-21(2)17-29-15-13-27(5,6)23(19-29)25(31)11-9-10-12-26(32)24-20-30(18-22(3)4)16-14-28(24,7)8;1-6-7-8-9-10-16(19)15-13-18(14(2)3)12-11-17(15,4)5;1-10(2)8-14-7-6-13(4,5)12(9-14)11(3)15/h19-22H,9-18H2,1-8H3;8-9,13-14H,6-7,10-12H2,1-5H3;9-10H,6-8H2,1-5H3/b;9-8+;. The number of rotatable bonds is 20. The first-order chi connectivity index (χ1) is 30.5. The minimum Gasteiger partial charge on any atom is -0.377 e. The van der Waals surface area contributed by atoms with Crippen LogP contribution in [0.2, 0.25) is 0 Å². The van der Waals surface area contributed by atoms with E-state index in [0.29, 0.717) is 43.1 Å². The van der Waals surface area contributed by atoms with Crippen LogP contribution in [0.25, 0.3) is 0 Å². The smallest absolute Gasteiger partial charge is 0.164 e. The summed E-state index contributed by atoms with van der Waals surface area (Å²) < 4.78 is 0. The molecule has 0 saturated heterocycles. The van der Waals surface area contributed by atoms with Gasteiger partial charge in [0.1, 0.15) is 0 Å². The summed E-state index contributed by atoms with van der Waals surface area (Å²) in [6.07, 6.45) is 22.1. The van der Waals surface area contributed by atoms with Crippen LogP contribution in [0.3, 0.4) is 0 Å². The summed E-state index contributed by atoms with van der Waals surface area (Å²) in [4.78, 5) is 59.2. The van der Waals surface area contributed by atoms with Crippen molar-refractivity contribution in [1.82, 2.24) is 19.6 Å². The summed E-state index contributed by atoms with van der Waals surface area (Å²) in [7, 11) is 0. The van der Waals surface area contributed by atoms with Gasteiger partial charge in [0, 0.05) is 118 Å². The Morgan fingerprint density at radius 2 is 0.864 bits per heavy atom. The third-order valence-corrected chi connectivity index (χ3v) is 13.9. The van der Waals surface area contributed by atoms with Crippen molar-refractivity contribution in [2.75, 3.05) is 45.8 Å². The minimum absolute atomic E-state index is 0.0150. The van der Waals surface area contributed by atoms with E-state index in [0.717, 1.165) is 119 Å². The quantitative estimate of drug-likeness (QED) is 0.0882. The van der Waals surface area contributed by atoms with Gasteiger partial charge in [-0.15, -0.1) is 0 Å². The van der Waals surface area contributed by atoms with Crippen LogP contribution in [0.5, 0.6) is 0 Å². The Bertz CT molecular complexity index is 1690.